The van der Waals surface area contributed by atoms with Gasteiger partial charge >= 0.3 is 6.18 Å². The maximum atomic E-state index is 13.6. The normalized spacial score (nSPS) is 16.3. The minimum Gasteiger partial charge on any atom is -0.508 e. The molecule has 0 saturated heterocycles. The first-order chi connectivity index (χ1) is 22.0. The van der Waals surface area contributed by atoms with Gasteiger partial charge in [0.15, 0.2) is 0 Å². The molecule has 1 aliphatic carbocycles. The van der Waals surface area contributed by atoms with E-state index in [1.54, 1.807) is 0 Å². The lowest BCUT2D eigenvalue weighted by Gasteiger charge is -2.36. The number of phenolic OH excluding ortho intramolecular Hbond substituents is 4. The van der Waals surface area contributed by atoms with E-state index in [-0.39, 0.29) is 28.0 Å². The molecule has 1 aliphatic rings. The minimum atomic E-state index is -4.51. The van der Waals surface area contributed by atoms with Gasteiger partial charge in [0.1, 0.15) is 28.4 Å². The lowest BCUT2D eigenvalue weighted by molar-refractivity contribution is -0.173. The highest BCUT2D eigenvalue weighted by atomic mass is 19.4. The van der Waals surface area contributed by atoms with Crippen LogP contribution in [0.25, 0.3) is 0 Å². The van der Waals surface area contributed by atoms with E-state index < -0.39 is 11.6 Å². The van der Waals surface area contributed by atoms with E-state index in [1.807, 2.05) is 24.3 Å². The van der Waals surface area contributed by atoms with E-state index in [2.05, 4.69) is 24.3 Å². The van der Waals surface area contributed by atoms with Crippen LogP contribution >= 0.6 is 0 Å². The van der Waals surface area contributed by atoms with Gasteiger partial charge in [0.25, 0.3) is 0 Å². The Morgan fingerprint density at radius 1 is 0.435 bits per heavy atom. The summed E-state index contributed by atoms with van der Waals surface area (Å²) in [4.78, 5) is 0. The van der Waals surface area contributed by atoms with Gasteiger partial charge in [0.2, 0.25) is 0 Å². The lowest BCUT2D eigenvalue weighted by atomic mass is 9.67. The molecule has 4 aromatic rings. The zero-order valence-electron chi connectivity index (χ0n) is 26.4. The largest absolute Gasteiger partial charge is 0.508 e. The van der Waals surface area contributed by atoms with E-state index in [9.17, 15) is 33.6 Å². The highest BCUT2D eigenvalue weighted by Crippen LogP contribution is 2.47. The third kappa shape index (κ3) is 8.36. The fraction of sp³-hybridized carbons (Fsp3) is 0.385. The maximum Gasteiger partial charge on any atom is 0.402 e. The van der Waals surface area contributed by atoms with Gasteiger partial charge in [0.05, 0.1) is 0 Å². The monoisotopic (exact) mass is 634 g/mol. The van der Waals surface area contributed by atoms with Gasteiger partial charge in [-0.25, -0.2) is 0 Å². The SMILES string of the molecule is CC(c1ccc(O)cc1)(c1ccc(O)cc1)C(F)(F)F.Oc1ccc(C2(c3ccc(O)cc3)CCCCCCCCCCC2)cc1. The Morgan fingerprint density at radius 3 is 0.978 bits per heavy atom. The molecule has 0 amide bonds. The Bertz CT molecular complexity index is 1370. The third-order valence-corrected chi connectivity index (χ3v) is 9.50. The predicted molar refractivity (Wildman–Crippen MR) is 177 cm³/mol. The van der Waals surface area contributed by atoms with E-state index in [0.717, 1.165) is 19.8 Å². The van der Waals surface area contributed by atoms with E-state index in [4.69, 9.17) is 0 Å². The standard InChI is InChI=1S/C24H32O2.C15H13F3O2/c25-22-14-10-20(11-15-22)24(21-12-16-23(26)17-13-21)18-8-6-4-2-1-3-5-7-9-19-24;1-14(15(16,17)18,10-2-6-12(19)7-3-10)11-4-8-13(20)9-5-11/h10-17,25-26H,1-9,18-19H2;2-9,19-20H,1H3. The minimum absolute atomic E-state index is 0.0217. The number of benzene rings is 4. The van der Waals surface area contributed by atoms with Gasteiger partial charge < -0.3 is 20.4 Å². The van der Waals surface area contributed by atoms with Crippen LogP contribution in [0.15, 0.2) is 97.1 Å². The smallest absolute Gasteiger partial charge is 0.402 e. The summed E-state index contributed by atoms with van der Waals surface area (Å²) < 4.78 is 40.7. The molecule has 0 radical (unpaired) electrons. The molecule has 5 rings (SSSR count). The van der Waals surface area contributed by atoms with Crippen molar-refractivity contribution in [3.05, 3.63) is 119 Å². The maximum absolute atomic E-state index is 13.6. The summed E-state index contributed by atoms with van der Waals surface area (Å²) in [5.74, 6) is 0.457. The van der Waals surface area contributed by atoms with E-state index in [0.29, 0.717) is 11.5 Å². The van der Waals surface area contributed by atoms with Crippen molar-refractivity contribution in [1.82, 2.24) is 0 Å². The second-order valence-electron chi connectivity index (χ2n) is 12.6. The average Bonchev–Trinajstić information content (AvgIpc) is 3.03. The quantitative estimate of drug-likeness (QED) is 0.180. The van der Waals surface area contributed by atoms with E-state index in [1.165, 1.54) is 117 Å². The van der Waals surface area contributed by atoms with Crippen molar-refractivity contribution in [2.75, 3.05) is 0 Å². The van der Waals surface area contributed by atoms with Crippen LogP contribution in [-0.2, 0) is 10.8 Å². The van der Waals surface area contributed by atoms with Crippen molar-refractivity contribution in [3.63, 3.8) is 0 Å². The van der Waals surface area contributed by atoms with Crippen LogP contribution in [0.5, 0.6) is 23.0 Å². The van der Waals surface area contributed by atoms with Crippen molar-refractivity contribution < 1.29 is 33.6 Å². The summed E-state index contributed by atoms with van der Waals surface area (Å²) in [7, 11) is 0. The summed E-state index contributed by atoms with van der Waals surface area (Å²) in [6.07, 6.45) is 9.56. The van der Waals surface area contributed by atoms with Crippen LogP contribution in [0, 0.1) is 0 Å². The summed E-state index contributed by atoms with van der Waals surface area (Å²) in [6.45, 7) is 1.08. The first-order valence-corrected chi connectivity index (χ1v) is 16.2. The topological polar surface area (TPSA) is 80.9 Å². The molecule has 1 saturated carbocycles. The molecule has 4 N–H and O–H groups in total. The zero-order chi connectivity index (χ0) is 33.2. The lowest BCUT2D eigenvalue weighted by Crippen LogP contribution is -2.40. The molecule has 0 aliphatic heterocycles. The van der Waals surface area contributed by atoms with Crippen LogP contribution in [0.2, 0.25) is 0 Å². The average molecular weight is 635 g/mol. The number of hydrogen-bond acceptors (Lipinski definition) is 4. The molecule has 0 aromatic heterocycles. The van der Waals surface area contributed by atoms with Gasteiger partial charge in [-0.2, -0.15) is 13.2 Å². The summed E-state index contributed by atoms with van der Waals surface area (Å²) in [5, 5.41) is 38.0. The summed E-state index contributed by atoms with van der Waals surface area (Å²) >= 11 is 0. The molecule has 4 aromatic carbocycles. The van der Waals surface area contributed by atoms with Crippen molar-refractivity contribution in [2.24, 2.45) is 0 Å². The van der Waals surface area contributed by atoms with Crippen LogP contribution in [-0.4, -0.2) is 26.6 Å². The Hall–Kier alpha value is -4.13. The van der Waals surface area contributed by atoms with Gasteiger partial charge in [0, 0.05) is 5.41 Å². The van der Waals surface area contributed by atoms with Crippen molar-refractivity contribution >= 4 is 0 Å². The Labute approximate surface area is 270 Å². The molecule has 4 nitrogen and oxygen atoms in total. The highest BCUT2D eigenvalue weighted by Gasteiger charge is 2.53. The second-order valence-corrected chi connectivity index (χ2v) is 12.6. The van der Waals surface area contributed by atoms with Crippen LogP contribution in [0.3, 0.4) is 0 Å². The Balaban J connectivity index is 0.000000216. The van der Waals surface area contributed by atoms with Gasteiger partial charge in [-0.1, -0.05) is 106 Å². The van der Waals surface area contributed by atoms with Crippen LogP contribution < -0.4 is 0 Å². The van der Waals surface area contributed by atoms with Crippen LogP contribution in [0.4, 0.5) is 13.2 Å². The molecule has 7 heteroatoms. The number of halogens is 3. The van der Waals surface area contributed by atoms with E-state index >= 15 is 0 Å². The molecule has 0 heterocycles. The molecule has 0 bridgehead atoms. The number of hydrogen-bond donors (Lipinski definition) is 4. The first-order valence-electron chi connectivity index (χ1n) is 16.2. The predicted octanol–water partition coefficient (Wildman–Crippen LogP) is 10.7. The van der Waals surface area contributed by atoms with Gasteiger partial charge in [-0.15, -0.1) is 0 Å². The number of alkyl halides is 3. The highest BCUT2D eigenvalue weighted by molar-refractivity contribution is 5.45. The fourth-order valence-corrected chi connectivity index (χ4v) is 6.60. The molecular formula is C39H45F3O4. The molecular weight excluding hydrogens is 589 g/mol. The number of rotatable bonds is 4. The molecule has 1 fully saturated rings. The molecule has 0 unspecified atom stereocenters. The molecule has 246 valence electrons. The van der Waals surface area contributed by atoms with Crippen molar-refractivity contribution in [3.8, 4) is 23.0 Å². The Morgan fingerprint density at radius 2 is 0.696 bits per heavy atom. The van der Waals surface area contributed by atoms with Gasteiger partial charge in [-0.05, 0) is 90.6 Å². The summed E-state index contributed by atoms with van der Waals surface area (Å²) in [5.41, 5.74) is 0.382. The number of aromatic hydroxyl groups is 4. The van der Waals surface area contributed by atoms with Crippen molar-refractivity contribution in [1.29, 1.82) is 0 Å². The molecule has 0 atom stereocenters. The molecule has 0 spiro atoms. The zero-order valence-corrected chi connectivity index (χ0v) is 26.4. The van der Waals surface area contributed by atoms with Gasteiger partial charge in [-0.3, -0.25) is 0 Å². The molecule has 46 heavy (non-hydrogen) atoms. The third-order valence-electron chi connectivity index (χ3n) is 9.50. The fourth-order valence-electron chi connectivity index (χ4n) is 6.60. The Kier molecular flexibility index (Phi) is 11.7. The van der Waals surface area contributed by atoms with Crippen LogP contribution in [0.1, 0.15) is 99.8 Å². The first kappa shape index (κ1) is 34.7. The number of phenols is 4. The second kappa shape index (κ2) is 15.4. The summed E-state index contributed by atoms with van der Waals surface area (Å²) in [6, 6.07) is 25.5. The van der Waals surface area contributed by atoms with Crippen molar-refractivity contribution in [2.45, 2.75) is 94.6 Å².